The quantitative estimate of drug-likeness (QED) is 0.662. The molecular formula is C13H25N3O4. The first kappa shape index (κ1) is 16.9. The van der Waals surface area contributed by atoms with E-state index in [9.17, 15) is 9.59 Å². The van der Waals surface area contributed by atoms with Crippen molar-refractivity contribution in [2.24, 2.45) is 0 Å². The molecule has 3 amide bonds. The molecule has 1 rings (SSSR count). The molecule has 0 aromatic heterocycles. The lowest BCUT2D eigenvalue weighted by molar-refractivity contribution is -0.127. The highest BCUT2D eigenvalue weighted by Gasteiger charge is 2.26. The summed E-state index contributed by atoms with van der Waals surface area (Å²) in [5, 5.41) is 14.1. The highest BCUT2D eigenvalue weighted by molar-refractivity contribution is 5.95. The van der Waals surface area contributed by atoms with Crippen LogP contribution in [-0.4, -0.2) is 65.9 Å². The Kier molecular flexibility index (Phi) is 5.91. The molecule has 3 N–H and O–H groups in total. The Bertz CT molecular complexity index is 354. The van der Waals surface area contributed by atoms with Gasteiger partial charge in [0.2, 0.25) is 5.91 Å². The van der Waals surface area contributed by atoms with E-state index in [2.05, 4.69) is 10.6 Å². The van der Waals surface area contributed by atoms with Crippen LogP contribution in [0, 0.1) is 0 Å². The fraction of sp³-hybridized carbons (Fsp3) is 0.846. The van der Waals surface area contributed by atoms with Crippen molar-refractivity contribution in [1.82, 2.24) is 15.5 Å². The van der Waals surface area contributed by atoms with Gasteiger partial charge in [0.15, 0.2) is 0 Å². The number of carbonyl (C=O) groups excluding carboxylic acids is 2. The monoisotopic (exact) mass is 287 g/mol. The summed E-state index contributed by atoms with van der Waals surface area (Å²) in [4.78, 5) is 25.2. The third-order valence-electron chi connectivity index (χ3n) is 2.71. The van der Waals surface area contributed by atoms with Crippen LogP contribution in [0.4, 0.5) is 4.79 Å². The van der Waals surface area contributed by atoms with Gasteiger partial charge < -0.3 is 15.2 Å². The highest BCUT2D eigenvalue weighted by atomic mass is 16.5. The van der Waals surface area contributed by atoms with Gasteiger partial charge in [-0.15, -0.1) is 0 Å². The third kappa shape index (κ3) is 6.31. The zero-order valence-electron chi connectivity index (χ0n) is 12.6. The number of urea groups is 1. The van der Waals surface area contributed by atoms with E-state index >= 15 is 0 Å². The molecule has 0 saturated carbocycles. The number of rotatable bonds is 3. The average molecular weight is 287 g/mol. The van der Waals surface area contributed by atoms with E-state index in [1.165, 1.54) is 0 Å². The molecule has 1 aliphatic heterocycles. The van der Waals surface area contributed by atoms with E-state index < -0.39 is 6.03 Å². The van der Waals surface area contributed by atoms with Crippen LogP contribution in [0.25, 0.3) is 0 Å². The minimum absolute atomic E-state index is 0.0444. The van der Waals surface area contributed by atoms with Crippen molar-refractivity contribution >= 4 is 11.9 Å². The molecule has 20 heavy (non-hydrogen) atoms. The first-order valence-corrected chi connectivity index (χ1v) is 6.80. The summed E-state index contributed by atoms with van der Waals surface area (Å²) in [7, 11) is 0. The molecule has 1 fully saturated rings. The van der Waals surface area contributed by atoms with Gasteiger partial charge in [0, 0.05) is 18.6 Å². The summed E-state index contributed by atoms with van der Waals surface area (Å²) in [5.74, 6) is -0.363. The Morgan fingerprint density at radius 3 is 2.55 bits per heavy atom. The van der Waals surface area contributed by atoms with E-state index in [1.807, 2.05) is 32.6 Å². The molecular weight excluding hydrogens is 262 g/mol. The van der Waals surface area contributed by atoms with E-state index in [1.54, 1.807) is 0 Å². The second kappa shape index (κ2) is 7.01. The van der Waals surface area contributed by atoms with E-state index in [0.717, 1.165) is 0 Å². The predicted molar refractivity (Wildman–Crippen MR) is 74.3 cm³/mol. The smallest absolute Gasteiger partial charge is 0.321 e. The van der Waals surface area contributed by atoms with Gasteiger partial charge in [-0.3, -0.25) is 15.0 Å². The lowest BCUT2D eigenvalue weighted by atomic mass is 10.1. The summed E-state index contributed by atoms with van der Waals surface area (Å²) < 4.78 is 5.49. The maximum atomic E-state index is 11.8. The molecule has 1 saturated heterocycles. The van der Waals surface area contributed by atoms with Crippen molar-refractivity contribution in [1.29, 1.82) is 0 Å². The van der Waals surface area contributed by atoms with Crippen molar-refractivity contribution in [3.05, 3.63) is 0 Å². The van der Waals surface area contributed by atoms with Crippen molar-refractivity contribution in [2.45, 2.75) is 45.4 Å². The van der Waals surface area contributed by atoms with Crippen molar-refractivity contribution in [3.63, 3.8) is 0 Å². The summed E-state index contributed by atoms with van der Waals surface area (Å²) >= 11 is 0. The van der Waals surface area contributed by atoms with Gasteiger partial charge in [0.05, 0.1) is 25.4 Å². The van der Waals surface area contributed by atoms with Gasteiger partial charge in [-0.1, -0.05) is 0 Å². The Hall–Kier alpha value is -1.18. The number of hydrogen-bond acceptors (Lipinski definition) is 5. The normalized spacial score (nSPS) is 24.2. The van der Waals surface area contributed by atoms with Gasteiger partial charge in [0.1, 0.15) is 0 Å². The molecule has 1 heterocycles. The van der Waals surface area contributed by atoms with E-state index in [4.69, 9.17) is 9.84 Å². The number of nitrogens with zero attached hydrogens (tertiary/aromatic N) is 1. The second-order valence-corrected chi connectivity index (χ2v) is 6.20. The lowest BCUT2D eigenvalue weighted by Gasteiger charge is -2.35. The van der Waals surface area contributed by atoms with Crippen LogP contribution >= 0.6 is 0 Å². The second-order valence-electron chi connectivity index (χ2n) is 6.20. The molecule has 1 aliphatic rings. The maximum Gasteiger partial charge on any atom is 0.321 e. The molecule has 0 bridgehead atoms. The number of nitrogens with one attached hydrogen (secondary N) is 2. The first-order chi connectivity index (χ1) is 9.19. The Morgan fingerprint density at radius 1 is 1.35 bits per heavy atom. The van der Waals surface area contributed by atoms with Crippen LogP contribution in [0.2, 0.25) is 0 Å². The van der Waals surface area contributed by atoms with Gasteiger partial charge >= 0.3 is 6.03 Å². The first-order valence-electron chi connectivity index (χ1n) is 6.80. The predicted octanol–water partition coefficient (Wildman–Crippen LogP) is -0.308. The number of carbonyl (C=O) groups is 2. The van der Waals surface area contributed by atoms with Gasteiger partial charge in [0.25, 0.3) is 0 Å². The van der Waals surface area contributed by atoms with Crippen LogP contribution in [0.3, 0.4) is 0 Å². The van der Waals surface area contributed by atoms with Crippen molar-refractivity contribution in [3.8, 4) is 0 Å². The van der Waals surface area contributed by atoms with Crippen molar-refractivity contribution < 1.29 is 19.4 Å². The number of morpholine rings is 1. The molecule has 0 aromatic rings. The SMILES string of the molecule is CC1CN(CC(=O)NC(=O)NC(C)(C)C)CC(CO)O1. The number of amides is 3. The fourth-order valence-corrected chi connectivity index (χ4v) is 2.11. The summed E-state index contributed by atoms with van der Waals surface area (Å²) in [5.41, 5.74) is -0.389. The third-order valence-corrected chi connectivity index (χ3v) is 2.71. The molecule has 2 atom stereocenters. The minimum Gasteiger partial charge on any atom is -0.394 e. The molecule has 2 unspecified atom stereocenters. The molecule has 0 spiro atoms. The average Bonchev–Trinajstić information content (AvgIpc) is 2.24. The van der Waals surface area contributed by atoms with Crippen LogP contribution < -0.4 is 10.6 Å². The highest BCUT2D eigenvalue weighted by Crippen LogP contribution is 2.10. The molecule has 0 aromatic carbocycles. The standard InChI is InChI=1S/C13H25N3O4/c1-9-5-16(6-10(8-17)20-9)7-11(18)14-12(19)15-13(2,3)4/h9-10,17H,5-8H2,1-4H3,(H2,14,15,18,19). The fourth-order valence-electron chi connectivity index (χ4n) is 2.11. The summed E-state index contributed by atoms with van der Waals surface area (Å²) in [6.45, 7) is 8.53. The molecule has 116 valence electrons. The van der Waals surface area contributed by atoms with Gasteiger partial charge in [-0.05, 0) is 27.7 Å². The van der Waals surface area contributed by atoms with Crippen LogP contribution in [-0.2, 0) is 9.53 Å². The van der Waals surface area contributed by atoms with Gasteiger partial charge in [-0.2, -0.15) is 0 Å². The number of aliphatic hydroxyl groups is 1. The summed E-state index contributed by atoms with van der Waals surface area (Å²) in [6, 6.07) is -0.498. The Labute approximate surface area is 119 Å². The van der Waals surface area contributed by atoms with Crippen molar-refractivity contribution in [2.75, 3.05) is 26.2 Å². The number of aliphatic hydroxyl groups excluding tert-OH is 1. The Morgan fingerprint density at radius 2 is 2.00 bits per heavy atom. The maximum absolute atomic E-state index is 11.8. The van der Waals surface area contributed by atoms with Crippen LogP contribution in [0.5, 0.6) is 0 Å². The molecule has 0 radical (unpaired) electrons. The molecule has 7 nitrogen and oxygen atoms in total. The van der Waals surface area contributed by atoms with Gasteiger partial charge in [-0.25, -0.2) is 4.79 Å². The van der Waals surface area contributed by atoms with E-state index in [-0.39, 0.29) is 36.8 Å². The zero-order valence-corrected chi connectivity index (χ0v) is 12.6. The zero-order chi connectivity index (χ0) is 15.3. The topological polar surface area (TPSA) is 90.9 Å². The summed E-state index contributed by atoms with van der Waals surface area (Å²) in [6.07, 6.45) is -0.327. The van der Waals surface area contributed by atoms with Crippen LogP contribution in [0.15, 0.2) is 0 Å². The van der Waals surface area contributed by atoms with E-state index in [0.29, 0.717) is 13.1 Å². The lowest BCUT2D eigenvalue weighted by Crippen LogP contribution is -2.53. The number of hydrogen-bond donors (Lipinski definition) is 3. The molecule has 0 aliphatic carbocycles. The number of imide groups is 1. The molecule has 7 heteroatoms. The van der Waals surface area contributed by atoms with Crippen LogP contribution in [0.1, 0.15) is 27.7 Å². The number of ether oxygens (including phenoxy) is 1. The Balaban J connectivity index is 2.40. The minimum atomic E-state index is -0.498. The largest absolute Gasteiger partial charge is 0.394 e.